The van der Waals surface area contributed by atoms with Crippen molar-refractivity contribution in [1.82, 2.24) is 24.6 Å². The van der Waals surface area contributed by atoms with Crippen molar-refractivity contribution in [2.24, 2.45) is 0 Å². The summed E-state index contributed by atoms with van der Waals surface area (Å²) in [6.07, 6.45) is -0.136. The number of halogens is 3. The van der Waals surface area contributed by atoms with Gasteiger partial charge in [-0.3, -0.25) is 14.0 Å². The van der Waals surface area contributed by atoms with Crippen molar-refractivity contribution in [2.45, 2.75) is 32.2 Å². The Labute approximate surface area is 252 Å². The quantitative estimate of drug-likeness (QED) is 0.238. The van der Waals surface area contributed by atoms with E-state index in [1.807, 2.05) is 0 Å². The molecule has 4 aliphatic rings. The summed E-state index contributed by atoms with van der Waals surface area (Å²) in [7, 11) is -0.351. The zero-order valence-corrected chi connectivity index (χ0v) is 25.2. The van der Waals surface area contributed by atoms with Crippen LogP contribution in [0.25, 0.3) is 11.1 Å². The minimum Gasteiger partial charge on any atom is -0.345 e. The topological polar surface area (TPSA) is 124 Å². The number of hydrogen-bond acceptors (Lipinski definition) is 9. The number of carbonyl (C=O) groups excluding carboxylic acids is 1. The Hall–Kier alpha value is -4.26. The molecule has 2 aromatic heterocycles. The van der Waals surface area contributed by atoms with Crippen LogP contribution in [0.1, 0.15) is 34.8 Å². The van der Waals surface area contributed by atoms with E-state index < -0.39 is 31.1 Å². The van der Waals surface area contributed by atoms with Gasteiger partial charge in [-0.25, -0.2) is 4.98 Å². The van der Waals surface area contributed by atoms with Gasteiger partial charge in [0.25, 0.3) is 5.91 Å². The lowest BCUT2D eigenvalue weighted by Gasteiger charge is -2.19. The first-order valence-corrected chi connectivity index (χ1v) is 15.5. The maximum Gasteiger partial charge on any atom is 0.421 e. The molecular weight excluding hydrogens is 598 g/mol. The summed E-state index contributed by atoms with van der Waals surface area (Å²) in [4.78, 5) is 22.5. The maximum absolute atomic E-state index is 14.0. The molecule has 0 spiro atoms. The molecule has 1 amide bonds. The highest BCUT2D eigenvalue weighted by molar-refractivity contribution is 7.53. The lowest BCUT2D eigenvalue weighted by Crippen LogP contribution is -2.23. The number of rotatable bonds is 3. The molecule has 4 aliphatic heterocycles. The molecule has 2 aromatic carbocycles. The number of alkyl halides is 3. The Morgan fingerprint density at radius 1 is 1.11 bits per heavy atom. The Bertz CT molecular complexity index is 1690. The van der Waals surface area contributed by atoms with Crippen molar-refractivity contribution in [3.63, 3.8) is 0 Å². The summed E-state index contributed by atoms with van der Waals surface area (Å²) in [6.45, 7) is 2.59. The SMILES string of the molecule is CCO[P@@]1(=O)Cc2ccc(cc2)Nc2ncc(C(F)(F)F)c(n2)Nc2ccc(cc2C(=O)N(C)C)-c2cnn(c2)CCCO1. The van der Waals surface area contributed by atoms with Crippen LogP contribution in [0.2, 0.25) is 0 Å². The number of nitrogens with one attached hydrogen (secondary N) is 2. The van der Waals surface area contributed by atoms with Crippen molar-refractivity contribution < 1.29 is 31.6 Å². The van der Waals surface area contributed by atoms with Crippen LogP contribution in [0, 0.1) is 0 Å². The van der Waals surface area contributed by atoms with Crippen LogP contribution in [0.5, 0.6) is 0 Å². The second-order valence-corrected chi connectivity index (χ2v) is 12.3. The molecular formula is C29H31F3N7O4P. The van der Waals surface area contributed by atoms with Gasteiger partial charge in [0.15, 0.2) is 0 Å². The van der Waals surface area contributed by atoms with Gasteiger partial charge in [0, 0.05) is 44.3 Å². The van der Waals surface area contributed by atoms with Crippen LogP contribution in [0.3, 0.4) is 0 Å². The highest BCUT2D eigenvalue weighted by Gasteiger charge is 2.36. The van der Waals surface area contributed by atoms with E-state index in [2.05, 4.69) is 25.7 Å². The van der Waals surface area contributed by atoms with Crippen molar-refractivity contribution in [2.75, 3.05) is 37.9 Å². The third kappa shape index (κ3) is 7.26. The number of anilines is 4. The van der Waals surface area contributed by atoms with Gasteiger partial charge >= 0.3 is 13.8 Å². The number of nitrogens with zero attached hydrogens (tertiary/aromatic N) is 5. The van der Waals surface area contributed by atoms with Crippen LogP contribution in [-0.2, 0) is 32.5 Å². The van der Waals surface area contributed by atoms with E-state index in [0.717, 1.165) is 0 Å². The molecule has 0 radical (unpaired) electrons. The van der Waals surface area contributed by atoms with E-state index in [-0.39, 0.29) is 36.6 Å². The zero-order valence-electron chi connectivity index (χ0n) is 24.3. The summed E-state index contributed by atoms with van der Waals surface area (Å²) in [5, 5.41) is 10.0. The van der Waals surface area contributed by atoms with Gasteiger partial charge in [0.1, 0.15) is 11.4 Å². The smallest absolute Gasteiger partial charge is 0.345 e. The minimum absolute atomic E-state index is 0.0431. The van der Waals surface area contributed by atoms with E-state index in [1.165, 1.54) is 11.0 Å². The molecule has 0 saturated heterocycles. The standard InChI is InChI=1S/C29H31F3N7O4P/c1-4-42-44(41)18-19-6-9-22(10-7-19)35-28-33-16-24(29(30,31)32)26(37-28)36-25-11-8-20(14-23(25)27(40)38(2)3)21-15-34-39(17-21)12-5-13-43-44/h6-11,14-17H,4-5,12-13,18H2,1-3H3,(H2,33,35,36,37)/t44-/m0/s1. The normalized spacial score (nSPS) is 17.2. The molecule has 8 bridgehead atoms. The molecule has 44 heavy (non-hydrogen) atoms. The van der Waals surface area contributed by atoms with Gasteiger partial charge < -0.3 is 24.6 Å². The third-order valence-corrected chi connectivity index (χ3v) is 8.68. The number of aryl methyl sites for hydroxylation is 1. The van der Waals surface area contributed by atoms with Gasteiger partial charge in [-0.2, -0.15) is 23.3 Å². The second kappa shape index (κ2) is 12.8. The number of benzene rings is 2. The van der Waals surface area contributed by atoms with Crippen molar-refractivity contribution in [1.29, 1.82) is 0 Å². The Balaban J connectivity index is 1.60. The fourth-order valence-electron chi connectivity index (χ4n) is 4.56. The number of aromatic nitrogens is 4. The molecule has 11 nitrogen and oxygen atoms in total. The van der Waals surface area contributed by atoms with Crippen molar-refractivity contribution in [3.8, 4) is 11.1 Å². The second-order valence-electron chi connectivity index (χ2n) is 10.2. The molecule has 2 N–H and O–H groups in total. The fraction of sp³-hybridized carbons (Fsp3) is 0.310. The van der Waals surface area contributed by atoms with E-state index in [4.69, 9.17) is 9.05 Å². The molecule has 0 saturated carbocycles. The van der Waals surface area contributed by atoms with Gasteiger partial charge in [0.2, 0.25) is 5.95 Å². The van der Waals surface area contributed by atoms with Gasteiger partial charge in [-0.1, -0.05) is 18.2 Å². The lowest BCUT2D eigenvalue weighted by molar-refractivity contribution is -0.137. The van der Waals surface area contributed by atoms with E-state index >= 15 is 0 Å². The van der Waals surface area contributed by atoms with Crippen LogP contribution in [0.15, 0.2) is 61.1 Å². The van der Waals surface area contributed by atoms with Crippen molar-refractivity contribution >= 4 is 36.6 Å². The largest absolute Gasteiger partial charge is 0.421 e. The number of hydrogen-bond donors (Lipinski definition) is 2. The summed E-state index contributed by atoms with van der Waals surface area (Å²) >= 11 is 0. The molecule has 8 rings (SSSR count). The van der Waals surface area contributed by atoms with Crippen molar-refractivity contribution in [3.05, 3.63) is 77.7 Å². The van der Waals surface area contributed by atoms with Gasteiger partial charge in [-0.05, 0) is 48.7 Å². The molecule has 0 aliphatic carbocycles. The molecule has 1 atom stereocenters. The predicted molar refractivity (Wildman–Crippen MR) is 159 cm³/mol. The van der Waals surface area contributed by atoms with Crippen LogP contribution < -0.4 is 10.6 Å². The molecule has 6 heterocycles. The van der Waals surface area contributed by atoms with E-state index in [9.17, 15) is 22.5 Å². The molecule has 15 heteroatoms. The van der Waals surface area contributed by atoms with E-state index in [1.54, 1.807) is 74.5 Å². The van der Waals surface area contributed by atoms with Gasteiger partial charge in [-0.15, -0.1) is 0 Å². The fourth-order valence-corrected chi connectivity index (χ4v) is 6.28. The molecule has 0 fully saturated rings. The predicted octanol–water partition coefficient (Wildman–Crippen LogP) is 6.70. The summed E-state index contributed by atoms with van der Waals surface area (Å²) in [5.41, 5.74) is 1.67. The Morgan fingerprint density at radius 3 is 2.59 bits per heavy atom. The molecule has 0 unspecified atom stereocenters. The highest BCUT2D eigenvalue weighted by atomic mass is 31.2. The summed E-state index contributed by atoms with van der Waals surface area (Å²) in [5.74, 6) is -1.06. The van der Waals surface area contributed by atoms with Gasteiger partial charge in [0.05, 0.1) is 36.8 Å². The number of carbonyl (C=O) groups is 1. The lowest BCUT2D eigenvalue weighted by atomic mass is 10.0. The first-order valence-electron chi connectivity index (χ1n) is 13.8. The molecule has 232 valence electrons. The zero-order chi connectivity index (χ0) is 31.5. The van der Waals surface area contributed by atoms with Crippen LogP contribution >= 0.6 is 7.60 Å². The van der Waals surface area contributed by atoms with E-state index in [0.29, 0.717) is 41.5 Å². The number of amides is 1. The summed E-state index contributed by atoms with van der Waals surface area (Å²) in [6, 6.07) is 11.5. The Kier molecular flexibility index (Phi) is 9.05. The minimum atomic E-state index is -4.77. The average molecular weight is 630 g/mol. The van der Waals surface area contributed by atoms with Crippen LogP contribution in [-0.4, -0.2) is 57.9 Å². The Morgan fingerprint density at radius 2 is 1.89 bits per heavy atom. The highest BCUT2D eigenvalue weighted by Crippen LogP contribution is 2.51. The maximum atomic E-state index is 14.0. The van der Waals surface area contributed by atoms with Crippen LogP contribution in [0.4, 0.5) is 36.3 Å². The summed E-state index contributed by atoms with van der Waals surface area (Å²) < 4.78 is 68.4. The average Bonchev–Trinajstić information content (AvgIpc) is 3.44. The molecule has 4 aromatic rings. The first-order chi connectivity index (χ1) is 20.9. The first kappa shape index (κ1) is 31.2. The third-order valence-electron chi connectivity index (χ3n) is 6.70. The monoisotopic (exact) mass is 629 g/mol.